The molecule has 0 spiro atoms. The van der Waals surface area contributed by atoms with Crippen LogP contribution in [0.2, 0.25) is 0 Å². The minimum Gasteiger partial charge on any atom is -0.490 e. The molecule has 0 aliphatic heterocycles. The molecule has 2 aromatic carbocycles. The maximum Gasteiger partial charge on any atom is 0.122 e. The molecular formula is C15H14BrNO2S. The summed E-state index contributed by atoms with van der Waals surface area (Å²) in [5, 5.41) is 0. The molecule has 0 unspecified atom stereocenters. The highest BCUT2D eigenvalue weighted by molar-refractivity contribution is 9.10. The van der Waals surface area contributed by atoms with Crippen LogP contribution in [0.4, 0.5) is 0 Å². The Morgan fingerprint density at radius 1 is 1.00 bits per heavy atom. The van der Waals surface area contributed by atoms with Crippen LogP contribution in [-0.2, 0) is 0 Å². The Morgan fingerprint density at radius 2 is 1.60 bits per heavy atom. The van der Waals surface area contributed by atoms with E-state index >= 15 is 0 Å². The number of ether oxygens (including phenoxy) is 2. The van der Waals surface area contributed by atoms with Crippen molar-refractivity contribution in [3.05, 3.63) is 58.6 Å². The molecule has 0 aromatic heterocycles. The van der Waals surface area contributed by atoms with E-state index in [1.54, 1.807) is 0 Å². The number of hydrogen-bond donors (Lipinski definition) is 1. The van der Waals surface area contributed by atoms with E-state index < -0.39 is 0 Å². The maximum atomic E-state index is 5.60. The number of halogens is 1. The summed E-state index contributed by atoms with van der Waals surface area (Å²) in [5.74, 6) is 1.54. The zero-order chi connectivity index (χ0) is 14.4. The van der Waals surface area contributed by atoms with E-state index in [1.807, 2.05) is 48.5 Å². The van der Waals surface area contributed by atoms with Crippen LogP contribution in [-0.4, -0.2) is 18.2 Å². The van der Waals surface area contributed by atoms with Gasteiger partial charge in [-0.1, -0.05) is 46.3 Å². The smallest absolute Gasteiger partial charge is 0.122 e. The maximum absolute atomic E-state index is 5.60. The Labute approximate surface area is 131 Å². The average molecular weight is 352 g/mol. The Hall–Kier alpha value is -1.59. The van der Waals surface area contributed by atoms with Gasteiger partial charge in [0.1, 0.15) is 29.7 Å². The lowest BCUT2D eigenvalue weighted by atomic mass is 10.2. The summed E-state index contributed by atoms with van der Waals surface area (Å²) in [4.78, 5) is 0.362. The monoisotopic (exact) mass is 351 g/mol. The number of hydrogen-bond acceptors (Lipinski definition) is 3. The van der Waals surface area contributed by atoms with Gasteiger partial charge < -0.3 is 15.2 Å². The van der Waals surface area contributed by atoms with E-state index in [0.29, 0.717) is 18.2 Å². The van der Waals surface area contributed by atoms with Crippen LogP contribution in [0.1, 0.15) is 5.56 Å². The first-order chi connectivity index (χ1) is 9.65. The van der Waals surface area contributed by atoms with Crippen LogP contribution in [0.5, 0.6) is 11.5 Å². The van der Waals surface area contributed by atoms with Crippen molar-refractivity contribution in [2.45, 2.75) is 0 Å². The SMILES string of the molecule is NC(=S)c1cccc(OCCOc2cccc(Br)c2)c1. The summed E-state index contributed by atoms with van der Waals surface area (Å²) in [5.41, 5.74) is 6.37. The summed E-state index contributed by atoms with van der Waals surface area (Å²) < 4.78 is 12.2. The van der Waals surface area contributed by atoms with Gasteiger partial charge in [-0.25, -0.2) is 0 Å². The molecule has 0 aliphatic carbocycles. The van der Waals surface area contributed by atoms with Crippen molar-refractivity contribution >= 4 is 33.1 Å². The lowest BCUT2D eigenvalue weighted by Gasteiger charge is -2.09. The Balaban J connectivity index is 1.81. The quantitative estimate of drug-likeness (QED) is 0.638. The highest BCUT2D eigenvalue weighted by Crippen LogP contribution is 2.18. The largest absolute Gasteiger partial charge is 0.490 e. The number of thiocarbonyl (C=S) groups is 1. The molecule has 0 amide bonds. The topological polar surface area (TPSA) is 44.5 Å². The fraction of sp³-hybridized carbons (Fsp3) is 0.133. The van der Waals surface area contributed by atoms with Gasteiger partial charge in [-0.3, -0.25) is 0 Å². The Bertz CT molecular complexity index is 604. The molecule has 0 radical (unpaired) electrons. The minimum atomic E-state index is 0.362. The molecule has 3 nitrogen and oxygen atoms in total. The van der Waals surface area contributed by atoms with E-state index in [1.165, 1.54) is 0 Å². The molecule has 104 valence electrons. The number of rotatable bonds is 6. The van der Waals surface area contributed by atoms with Gasteiger partial charge in [0.05, 0.1) is 0 Å². The number of benzene rings is 2. The predicted octanol–water partition coefficient (Wildman–Crippen LogP) is 3.54. The molecule has 0 saturated heterocycles. The van der Waals surface area contributed by atoms with E-state index in [-0.39, 0.29) is 0 Å². The summed E-state index contributed by atoms with van der Waals surface area (Å²) >= 11 is 8.32. The van der Waals surface area contributed by atoms with Crippen molar-refractivity contribution in [3.8, 4) is 11.5 Å². The van der Waals surface area contributed by atoms with Crippen LogP contribution in [0.25, 0.3) is 0 Å². The third-order valence-corrected chi connectivity index (χ3v) is 3.26. The Morgan fingerprint density at radius 3 is 2.20 bits per heavy atom. The zero-order valence-electron chi connectivity index (χ0n) is 10.7. The third-order valence-electron chi connectivity index (χ3n) is 2.54. The standard InChI is InChI=1S/C15H14BrNO2S/c16-12-4-2-6-14(10-12)19-8-7-18-13-5-1-3-11(9-13)15(17)20/h1-6,9-10H,7-8H2,(H2,17,20). The van der Waals surface area contributed by atoms with Crippen LogP contribution < -0.4 is 15.2 Å². The summed E-state index contributed by atoms with van der Waals surface area (Å²) in [6.07, 6.45) is 0. The van der Waals surface area contributed by atoms with Crippen molar-refractivity contribution in [2.75, 3.05) is 13.2 Å². The highest BCUT2D eigenvalue weighted by atomic mass is 79.9. The van der Waals surface area contributed by atoms with Crippen molar-refractivity contribution in [1.29, 1.82) is 0 Å². The molecule has 2 N–H and O–H groups in total. The predicted molar refractivity (Wildman–Crippen MR) is 87.5 cm³/mol. The summed E-state index contributed by atoms with van der Waals surface area (Å²) in [6.45, 7) is 0.918. The molecule has 0 atom stereocenters. The lowest BCUT2D eigenvalue weighted by Crippen LogP contribution is -2.11. The van der Waals surface area contributed by atoms with Crippen molar-refractivity contribution < 1.29 is 9.47 Å². The zero-order valence-corrected chi connectivity index (χ0v) is 13.1. The summed E-state index contributed by atoms with van der Waals surface area (Å²) in [7, 11) is 0. The van der Waals surface area contributed by atoms with E-state index in [4.69, 9.17) is 27.4 Å². The molecular weight excluding hydrogens is 338 g/mol. The summed E-state index contributed by atoms with van der Waals surface area (Å²) in [6, 6.07) is 15.1. The van der Waals surface area contributed by atoms with Crippen LogP contribution in [0, 0.1) is 0 Å². The Kier molecular flexibility index (Phi) is 5.38. The molecule has 20 heavy (non-hydrogen) atoms. The second kappa shape index (κ2) is 7.26. The van der Waals surface area contributed by atoms with Crippen molar-refractivity contribution in [2.24, 2.45) is 5.73 Å². The average Bonchev–Trinajstić information content (AvgIpc) is 2.44. The van der Waals surface area contributed by atoms with Gasteiger partial charge in [-0.15, -0.1) is 0 Å². The molecule has 0 saturated carbocycles. The van der Waals surface area contributed by atoms with Gasteiger partial charge >= 0.3 is 0 Å². The highest BCUT2D eigenvalue weighted by Gasteiger charge is 2.00. The van der Waals surface area contributed by atoms with E-state index in [0.717, 1.165) is 21.5 Å². The number of nitrogens with two attached hydrogens (primary N) is 1. The molecule has 2 rings (SSSR count). The molecule has 0 fully saturated rings. The minimum absolute atomic E-state index is 0.362. The molecule has 2 aromatic rings. The van der Waals surface area contributed by atoms with Gasteiger partial charge in [-0.05, 0) is 30.3 Å². The molecule has 0 heterocycles. The van der Waals surface area contributed by atoms with Crippen LogP contribution in [0.3, 0.4) is 0 Å². The fourth-order valence-electron chi connectivity index (χ4n) is 1.61. The first-order valence-corrected chi connectivity index (χ1v) is 7.26. The van der Waals surface area contributed by atoms with Crippen LogP contribution >= 0.6 is 28.1 Å². The first-order valence-electron chi connectivity index (χ1n) is 6.06. The van der Waals surface area contributed by atoms with Gasteiger partial charge in [0, 0.05) is 10.0 Å². The van der Waals surface area contributed by atoms with Crippen LogP contribution in [0.15, 0.2) is 53.0 Å². The second-order valence-corrected chi connectivity index (χ2v) is 5.40. The molecule has 0 bridgehead atoms. The van der Waals surface area contributed by atoms with E-state index in [2.05, 4.69) is 15.9 Å². The third kappa shape index (κ3) is 4.51. The van der Waals surface area contributed by atoms with Gasteiger partial charge in [-0.2, -0.15) is 0 Å². The van der Waals surface area contributed by atoms with Gasteiger partial charge in [0.15, 0.2) is 0 Å². The lowest BCUT2D eigenvalue weighted by molar-refractivity contribution is 0.217. The molecule has 5 heteroatoms. The van der Waals surface area contributed by atoms with E-state index in [9.17, 15) is 0 Å². The van der Waals surface area contributed by atoms with Gasteiger partial charge in [0.2, 0.25) is 0 Å². The van der Waals surface area contributed by atoms with Crippen molar-refractivity contribution in [1.82, 2.24) is 0 Å². The van der Waals surface area contributed by atoms with Gasteiger partial charge in [0.25, 0.3) is 0 Å². The van der Waals surface area contributed by atoms with Crippen molar-refractivity contribution in [3.63, 3.8) is 0 Å². The fourth-order valence-corrected chi connectivity index (χ4v) is 2.12. The normalized spacial score (nSPS) is 10.1. The second-order valence-electron chi connectivity index (χ2n) is 4.05. The first kappa shape index (κ1) is 14.8. The molecule has 0 aliphatic rings.